The Kier molecular flexibility index (Phi) is 7.90. The number of aryl methyl sites for hydroxylation is 2. The molecule has 0 aromatic heterocycles. The van der Waals surface area contributed by atoms with E-state index < -0.39 is 0 Å². The van der Waals surface area contributed by atoms with Crippen molar-refractivity contribution >= 4 is 0 Å². The van der Waals surface area contributed by atoms with Crippen LogP contribution in [0.3, 0.4) is 0 Å². The minimum atomic E-state index is 0.384. The van der Waals surface area contributed by atoms with Crippen LogP contribution in [0.5, 0.6) is 11.5 Å². The van der Waals surface area contributed by atoms with E-state index in [2.05, 4.69) is 51.3 Å². The standard InChI is InChI=1S/C24H36N2O2/c1-7-25(15-21-19(5)17(3)9-11-23(21)27)13-14-26(8-2)16-22-20(6)18(4)10-12-24(22)28/h9-12,27-28H,7-8,13-16H2,1-6H3. The second kappa shape index (κ2) is 9.94. The highest BCUT2D eigenvalue weighted by Gasteiger charge is 2.15. The molecule has 0 atom stereocenters. The quantitative estimate of drug-likeness (QED) is 0.659. The van der Waals surface area contributed by atoms with Crippen molar-refractivity contribution in [1.29, 1.82) is 0 Å². The Hall–Kier alpha value is -2.04. The molecule has 0 radical (unpaired) electrons. The molecule has 2 rings (SSSR count). The lowest BCUT2D eigenvalue weighted by Gasteiger charge is -2.28. The number of phenolic OH excluding ortho intramolecular Hbond substituents is 2. The average Bonchev–Trinajstić information content (AvgIpc) is 2.68. The molecule has 4 heteroatoms. The topological polar surface area (TPSA) is 46.9 Å². The van der Waals surface area contributed by atoms with Crippen LogP contribution in [0, 0.1) is 27.7 Å². The summed E-state index contributed by atoms with van der Waals surface area (Å²) in [6, 6.07) is 7.54. The molecule has 4 nitrogen and oxygen atoms in total. The lowest BCUT2D eigenvalue weighted by atomic mass is 10.0. The molecule has 0 aliphatic heterocycles. The van der Waals surface area contributed by atoms with Gasteiger partial charge in [-0.05, 0) is 75.2 Å². The van der Waals surface area contributed by atoms with Crippen LogP contribution in [0.2, 0.25) is 0 Å². The van der Waals surface area contributed by atoms with Crippen LogP contribution in [-0.2, 0) is 13.1 Å². The molecule has 0 unspecified atom stereocenters. The van der Waals surface area contributed by atoms with Crippen LogP contribution in [0.1, 0.15) is 47.2 Å². The molecule has 2 aromatic carbocycles. The van der Waals surface area contributed by atoms with Gasteiger partial charge in [-0.1, -0.05) is 26.0 Å². The van der Waals surface area contributed by atoms with Gasteiger partial charge in [0, 0.05) is 37.3 Å². The molecular weight excluding hydrogens is 348 g/mol. The summed E-state index contributed by atoms with van der Waals surface area (Å²) in [6.07, 6.45) is 0. The number of nitrogens with zero attached hydrogens (tertiary/aromatic N) is 2. The van der Waals surface area contributed by atoms with Crippen LogP contribution < -0.4 is 0 Å². The first-order valence-corrected chi connectivity index (χ1v) is 10.3. The van der Waals surface area contributed by atoms with Crippen LogP contribution in [-0.4, -0.2) is 46.2 Å². The van der Waals surface area contributed by atoms with Gasteiger partial charge in [-0.2, -0.15) is 0 Å². The van der Waals surface area contributed by atoms with Gasteiger partial charge in [0.15, 0.2) is 0 Å². The third-order valence-corrected chi connectivity index (χ3v) is 6.08. The van der Waals surface area contributed by atoms with E-state index >= 15 is 0 Å². The van der Waals surface area contributed by atoms with Crippen molar-refractivity contribution < 1.29 is 10.2 Å². The van der Waals surface area contributed by atoms with E-state index in [1.54, 1.807) is 12.1 Å². The van der Waals surface area contributed by atoms with Gasteiger partial charge >= 0.3 is 0 Å². The van der Waals surface area contributed by atoms with Gasteiger partial charge in [-0.15, -0.1) is 0 Å². The minimum absolute atomic E-state index is 0.384. The Labute approximate surface area is 170 Å². The first-order valence-electron chi connectivity index (χ1n) is 10.3. The molecule has 0 aliphatic rings. The summed E-state index contributed by atoms with van der Waals surface area (Å²) in [5, 5.41) is 20.6. The summed E-state index contributed by atoms with van der Waals surface area (Å²) >= 11 is 0. The van der Waals surface area contributed by atoms with Crippen molar-refractivity contribution in [3.05, 3.63) is 57.6 Å². The van der Waals surface area contributed by atoms with Crippen LogP contribution in [0.4, 0.5) is 0 Å². The van der Waals surface area contributed by atoms with Gasteiger partial charge in [-0.25, -0.2) is 0 Å². The molecule has 2 aromatic rings. The first kappa shape index (κ1) is 22.3. The molecule has 28 heavy (non-hydrogen) atoms. The predicted molar refractivity (Wildman–Crippen MR) is 117 cm³/mol. The van der Waals surface area contributed by atoms with Crippen molar-refractivity contribution in [2.75, 3.05) is 26.2 Å². The molecule has 0 spiro atoms. The van der Waals surface area contributed by atoms with Crippen molar-refractivity contribution in [2.24, 2.45) is 0 Å². The fourth-order valence-corrected chi connectivity index (χ4v) is 3.55. The largest absolute Gasteiger partial charge is 0.508 e. The van der Waals surface area contributed by atoms with Crippen molar-refractivity contribution in [3.8, 4) is 11.5 Å². The van der Waals surface area contributed by atoms with Gasteiger partial charge in [0.1, 0.15) is 11.5 Å². The van der Waals surface area contributed by atoms with Crippen molar-refractivity contribution in [1.82, 2.24) is 9.80 Å². The maximum absolute atomic E-state index is 10.3. The van der Waals surface area contributed by atoms with Gasteiger partial charge in [0.25, 0.3) is 0 Å². The Morgan fingerprint density at radius 1 is 0.643 bits per heavy atom. The number of hydrogen-bond acceptors (Lipinski definition) is 4. The molecule has 0 bridgehead atoms. The highest BCUT2D eigenvalue weighted by atomic mass is 16.3. The third-order valence-electron chi connectivity index (χ3n) is 6.08. The normalized spacial score (nSPS) is 11.6. The molecule has 0 amide bonds. The molecule has 0 heterocycles. The number of likely N-dealkylation sites (N-methyl/N-ethyl adjacent to an activating group) is 2. The van der Waals surface area contributed by atoms with Gasteiger partial charge in [0.05, 0.1) is 0 Å². The molecule has 0 saturated carbocycles. The summed E-state index contributed by atoms with van der Waals surface area (Å²) < 4.78 is 0. The molecular formula is C24H36N2O2. The zero-order chi connectivity index (χ0) is 20.8. The Balaban J connectivity index is 2.06. The summed E-state index contributed by atoms with van der Waals surface area (Å²) in [5.41, 5.74) is 6.82. The van der Waals surface area contributed by atoms with E-state index in [0.29, 0.717) is 11.5 Å². The number of rotatable bonds is 9. The summed E-state index contributed by atoms with van der Waals surface area (Å²) in [7, 11) is 0. The maximum Gasteiger partial charge on any atom is 0.120 e. The van der Waals surface area contributed by atoms with Crippen LogP contribution in [0.15, 0.2) is 24.3 Å². The van der Waals surface area contributed by atoms with E-state index in [1.807, 2.05) is 12.1 Å². The minimum Gasteiger partial charge on any atom is -0.508 e. The number of benzene rings is 2. The van der Waals surface area contributed by atoms with Crippen molar-refractivity contribution in [3.63, 3.8) is 0 Å². The van der Waals surface area contributed by atoms with Crippen molar-refractivity contribution in [2.45, 2.75) is 54.6 Å². The maximum atomic E-state index is 10.3. The van der Waals surface area contributed by atoms with E-state index in [4.69, 9.17) is 0 Å². The van der Waals surface area contributed by atoms with Crippen LogP contribution >= 0.6 is 0 Å². The van der Waals surface area contributed by atoms with Gasteiger partial charge in [0.2, 0.25) is 0 Å². The molecule has 154 valence electrons. The zero-order valence-corrected chi connectivity index (χ0v) is 18.3. The molecule has 2 N–H and O–H groups in total. The Bertz CT molecular complexity index is 734. The fraction of sp³-hybridized carbons (Fsp3) is 0.500. The Morgan fingerprint density at radius 2 is 1.00 bits per heavy atom. The van der Waals surface area contributed by atoms with E-state index in [-0.39, 0.29) is 0 Å². The monoisotopic (exact) mass is 384 g/mol. The van der Waals surface area contributed by atoms with E-state index in [9.17, 15) is 10.2 Å². The highest BCUT2D eigenvalue weighted by Crippen LogP contribution is 2.26. The highest BCUT2D eigenvalue weighted by molar-refractivity contribution is 5.44. The number of aromatic hydroxyl groups is 2. The van der Waals surface area contributed by atoms with E-state index in [0.717, 1.165) is 50.4 Å². The number of phenols is 2. The smallest absolute Gasteiger partial charge is 0.120 e. The molecule has 0 saturated heterocycles. The second-order valence-corrected chi connectivity index (χ2v) is 7.75. The fourth-order valence-electron chi connectivity index (χ4n) is 3.55. The van der Waals surface area contributed by atoms with E-state index in [1.165, 1.54) is 22.3 Å². The second-order valence-electron chi connectivity index (χ2n) is 7.75. The van der Waals surface area contributed by atoms with Crippen LogP contribution in [0.25, 0.3) is 0 Å². The summed E-state index contributed by atoms with van der Waals surface area (Å²) in [6.45, 7) is 17.9. The molecule has 0 fully saturated rings. The first-order chi connectivity index (χ1) is 13.3. The summed E-state index contributed by atoms with van der Waals surface area (Å²) in [5.74, 6) is 0.767. The third kappa shape index (κ3) is 5.27. The lowest BCUT2D eigenvalue weighted by molar-refractivity contribution is 0.202. The predicted octanol–water partition coefficient (Wildman–Crippen LogP) is 4.68. The Morgan fingerprint density at radius 3 is 1.32 bits per heavy atom. The van der Waals surface area contributed by atoms with Gasteiger partial charge in [-0.3, -0.25) is 9.80 Å². The average molecular weight is 385 g/mol. The molecule has 0 aliphatic carbocycles. The van der Waals surface area contributed by atoms with Gasteiger partial charge < -0.3 is 10.2 Å². The summed E-state index contributed by atoms with van der Waals surface area (Å²) in [4.78, 5) is 4.74. The zero-order valence-electron chi connectivity index (χ0n) is 18.3. The SMILES string of the molecule is CCN(CCN(CC)Cc1c(O)ccc(C)c1C)Cc1c(O)ccc(C)c1C. The lowest BCUT2D eigenvalue weighted by Crippen LogP contribution is -2.35. The number of hydrogen-bond donors (Lipinski definition) is 2.